The minimum Gasteiger partial charge on any atom is -0.497 e. The second-order valence-corrected chi connectivity index (χ2v) is 7.22. The van der Waals surface area contributed by atoms with Gasteiger partial charge in [-0.25, -0.2) is 0 Å². The number of fused-ring (bicyclic) bond motifs is 1. The molecule has 2 aromatic carbocycles. The average Bonchev–Trinajstić information content (AvgIpc) is 2.78. The van der Waals surface area contributed by atoms with Gasteiger partial charge in [0.25, 0.3) is 11.5 Å². The van der Waals surface area contributed by atoms with Gasteiger partial charge in [0.1, 0.15) is 11.3 Å². The number of hydrogen-bond donors (Lipinski definition) is 1. The molecule has 0 spiro atoms. The maximum Gasteiger partial charge on any atom is 0.261 e. The molecule has 160 valence electrons. The summed E-state index contributed by atoms with van der Waals surface area (Å²) in [4.78, 5) is 30.5. The molecule has 0 fully saturated rings. The standard InChI is InChI=1S/C24H24N2O5/c1-29-18-9-7-16(8-10-18)20-12-11-19(23(27)25-20)24(28)26-13-4-14-31-22-17(15-26)5-3-6-21(22)30-2/h3,5-12H,4,13-15H2,1-2H3,(H,25,27). The highest BCUT2D eigenvalue weighted by Crippen LogP contribution is 2.33. The highest BCUT2D eigenvalue weighted by Gasteiger charge is 2.23. The fraction of sp³-hybridized carbons (Fsp3) is 0.250. The van der Waals surface area contributed by atoms with Crippen LogP contribution in [-0.2, 0) is 6.54 Å². The average molecular weight is 420 g/mol. The fourth-order valence-electron chi connectivity index (χ4n) is 3.65. The van der Waals surface area contributed by atoms with Crippen LogP contribution >= 0.6 is 0 Å². The van der Waals surface area contributed by atoms with Crippen molar-refractivity contribution in [1.29, 1.82) is 0 Å². The highest BCUT2D eigenvalue weighted by molar-refractivity contribution is 5.94. The van der Waals surface area contributed by atoms with Crippen molar-refractivity contribution in [3.05, 3.63) is 76.1 Å². The predicted molar refractivity (Wildman–Crippen MR) is 117 cm³/mol. The number of aromatic nitrogens is 1. The molecule has 0 bridgehead atoms. The van der Waals surface area contributed by atoms with Crippen LogP contribution in [0.4, 0.5) is 0 Å². The Morgan fingerprint density at radius 2 is 1.84 bits per heavy atom. The van der Waals surface area contributed by atoms with Crippen LogP contribution in [0.3, 0.4) is 0 Å². The molecule has 0 saturated heterocycles. The van der Waals surface area contributed by atoms with Gasteiger partial charge < -0.3 is 24.1 Å². The van der Waals surface area contributed by atoms with E-state index in [0.29, 0.717) is 43.3 Å². The zero-order chi connectivity index (χ0) is 21.8. The van der Waals surface area contributed by atoms with Gasteiger partial charge >= 0.3 is 0 Å². The van der Waals surface area contributed by atoms with Crippen molar-refractivity contribution in [2.24, 2.45) is 0 Å². The second kappa shape index (κ2) is 8.95. The van der Waals surface area contributed by atoms with Crippen LogP contribution in [-0.4, -0.2) is 43.2 Å². The fourth-order valence-corrected chi connectivity index (χ4v) is 3.65. The van der Waals surface area contributed by atoms with Gasteiger partial charge in [-0.3, -0.25) is 9.59 Å². The molecule has 0 radical (unpaired) electrons. The molecule has 2 heterocycles. The Morgan fingerprint density at radius 1 is 1.03 bits per heavy atom. The number of amides is 1. The van der Waals surface area contributed by atoms with E-state index in [0.717, 1.165) is 16.9 Å². The Kier molecular flexibility index (Phi) is 5.93. The summed E-state index contributed by atoms with van der Waals surface area (Å²) in [6, 6.07) is 16.3. The van der Waals surface area contributed by atoms with Gasteiger partial charge in [0, 0.05) is 24.3 Å². The number of hydrogen-bond acceptors (Lipinski definition) is 5. The summed E-state index contributed by atoms with van der Waals surface area (Å²) in [6.07, 6.45) is 0.658. The first kappa shape index (κ1) is 20.5. The number of benzene rings is 2. The van der Waals surface area contributed by atoms with Crippen molar-refractivity contribution >= 4 is 5.91 Å². The topological polar surface area (TPSA) is 80.9 Å². The van der Waals surface area contributed by atoms with Crippen molar-refractivity contribution in [3.63, 3.8) is 0 Å². The first-order chi connectivity index (χ1) is 15.1. The van der Waals surface area contributed by atoms with Crippen LogP contribution in [0.25, 0.3) is 11.3 Å². The smallest absolute Gasteiger partial charge is 0.261 e. The number of methoxy groups -OCH3 is 2. The monoisotopic (exact) mass is 420 g/mol. The quantitative estimate of drug-likeness (QED) is 0.699. The van der Waals surface area contributed by atoms with E-state index in [4.69, 9.17) is 14.2 Å². The van der Waals surface area contributed by atoms with Crippen molar-refractivity contribution in [1.82, 2.24) is 9.88 Å². The van der Waals surface area contributed by atoms with E-state index in [-0.39, 0.29) is 11.5 Å². The lowest BCUT2D eigenvalue weighted by Gasteiger charge is -2.27. The maximum atomic E-state index is 13.2. The Labute approximate surface area is 180 Å². The van der Waals surface area contributed by atoms with Gasteiger partial charge in [0.2, 0.25) is 0 Å². The molecular formula is C24H24N2O5. The molecule has 7 nitrogen and oxygen atoms in total. The molecular weight excluding hydrogens is 396 g/mol. The third-order valence-electron chi connectivity index (χ3n) is 5.29. The van der Waals surface area contributed by atoms with E-state index in [1.807, 2.05) is 42.5 Å². The normalized spacial score (nSPS) is 13.4. The molecule has 1 N–H and O–H groups in total. The van der Waals surface area contributed by atoms with E-state index in [1.165, 1.54) is 0 Å². The zero-order valence-corrected chi connectivity index (χ0v) is 17.5. The van der Waals surface area contributed by atoms with Gasteiger partial charge in [0.15, 0.2) is 11.5 Å². The molecule has 31 heavy (non-hydrogen) atoms. The Hall–Kier alpha value is -3.74. The van der Waals surface area contributed by atoms with E-state index in [2.05, 4.69) is 4.98 Å². The van der Waals surface area contributed by atoms with Crippen LogP contribution < -0.4 is 19.8 Å². The number of ether oxygens (including phenoxy) is 3. The minimum absolute atomic E-state index is 0.114. The molecule has 1 aliphatic heterocycles. The SMILES string of the molecule is COc1ccc(-c2ccc(C(=O)N3CCCOc4c(cccc4OC)C3)c(=O)[nH]2)cc1. The molecule has 1 amide bonds. The number of H-pyrrole nitrogens is 1. The summed E-state index contributed by atoms with van der Waals surface area (Å²) in [5.74, 6) is 1.70. The van der Waals surface area contributed by atoms with Crippen LogP contribution in [0.5, 0.6) is 17.2 Å². The zero-order valence-electron chi connectivity index (χ0n) is 17.5. The molecule has 1 aromatic heterocycles. The Balaban J connectivity index is 1.60. The van der Waals surface area contributed by atoms with Crippen LogP contribution in [0.1, 0.15) is 22.3 Å². The van der Waals surface area contributed by atoms with E-state index >= 15 is 0 Å². The third-order valence-corrected chi connectivity index (χ3v) is 5.29. The van der Waals surface area contributed by atoms with Gasteiger partial charge in [0.05, 0.1) is 20.8 Å². The second-order valence-electron chi connectivity index (χ2n) is 7.22. The van der Waals surface area contributed by atoms with Crippen LogP contribution in [0.2, 0.25) is 0 Å². The number of nitrogens with one attached hydrogen (secondary N) is 1. The van der Waals surface area contributed by atoms with Crippen molar-refractivity contribution in [3.8, 4) is 28.5 Å². The van der Waals surface area contributed by atoms with Crippen molar-refractivity contribution in [2.75, 3.05) is 27.4 Å². The van der Waals surface area contributed by atoms with E-state index in [1.54, 1.807) is 31.3 Å². The predicted octanol–water partition coefficient (Wildman–Crippen LogP) is 3.48. The molecule has 1 aliphatic rings. The molecule has 7 heteroatoms. The number of carbonyl (C=O) groups is 1. The Morgan fingerprint density at radius 3 is 2.55 bits per heavy atom. The summed E-state index contributed by atoms with van der Waals surface area (Å²) in [5.41, 5.74) is 2.02. The molecule has 0 aliphatic carbocycles. The van der Waals surface area contributed by atoms with Crippen LogP contribution in [0, 0.1) is 0 Å². The van der Waals surface area contributed by atoms with E-state index in [9.17, 15) is 9.59 Å². The number of rotatable bonds is 4. The lowest BCUT2D eigenvalue weighted by atomic mass is 10.1. The number of pyridine rings is 1. The molecule has 0 unspecified atom stereocenters. The lowest BCUT2D eigenvalue weighted by molar-refractivity contribution is 0.0719. The van der Waals surface area contributed by atoms with Gasteiger partial charge in [-0.05, 0) is 54.4 Å². The molecule has 3 aromatic rings. The van der Waals surface area contributed by atoms with Crippen molar-refractivity contribution in [2.45, 2.75) is 13.0 Å². The molecule has 4 rings (SSSR count). The number of aromatic amines is 1. The summed E-state index contributed by atoms with van der Waals surface area (Å²) in [5, 5.41) is 0. The van der Waals surface area contributed by atoms with Crippen molar-refractivity contribution < 1.29 is 19.0 Å². The Bertz CT molecular complexity index is 1140. The number of para-hydroxylation sites is 1. The van der Waals surface area contributed by atoms with Gasteiger partial charge in [-0.15, -0.1) is 0 Å². The van der Waals surface area contributed by atoms with Gasteiger partial charge in [-0.1, -0.05) is 12.1 Å². The number of nitrogens with zero attached hydrogens (tertiary/aromatic N) is 1. The number of carbonyl (C=O) groups excluding carboxylic acids is 1. The first-order valence-electron chi connectivity index (χ1n) is 10.1. The van der Waals surface area contributed by atoms with E-state index < -0.39 is 5.56 Å². The molecule has 0 saturated carbocycles. The highest BCUT2D eigenvalue weighted by atomic mass is 16.5. The third kappa shape index (κ3) is 4.26. The summed E-state index contributed by atoms with van der Waals surface area (Å²) in [6.45, 7) is 1.30. The summed E-state index contributed by atoms with van der Waals surface area (Å²) >= 11 is 0. The minimum atomic E-state index is -0.414. The lowest BCUT2D eigenvalue weighted by Crippen LogP contribution is -2.36. The first-order valence-corrected chi connectivity index (χ1v) is 10.1. The maximum absolute atomic E-state index is 13.2. The summed E-state index contributed by atoms with van der Waals surface area (Å²) < 4.78 is 16.4. The molecule has 0 atom stereocenters. The summed E-state index contributed by atoms with van der Waals surface area (Å²) in [7, 11) is 3.19. The van der Waals surface area contributed by atoms with Crippen LogP contribution in [0.15, 0.2) is 59.4 Å². The van der Waals surface area contributed by atoms with Gasteiger partial charge in [-0.2, -0.15) is 0 Å². The largest absolute Gasteiger partial charge is 0.497 e.